The Hall–Kier alpha value is -1.42. The molecule has 0 aliphatic carbocycles. The summed E-state index contributed by atoms with van der Waals surface area (Å²) in [6.07, 6.45) is 7.11. The highest BCUT2D eigenvalue weighted by atomic mass is 16.5. The van der Waals surface area contributed by atoms with Gasteiger partial charge in [-0.3, -0.25) is 9.78 Å². The Morgan fingerprint density at radius 1 is 1.24 bits per heavy atom. The van der Waals surface area contributed by atoms with E-state index in [1.54, 1.807) is 6.20 Å². The minimum absolute atomic E-state index is 0.0521. The Balaban J connectivity index is 1.71. The van der Waals surface area contributed by atoms with Gasteiger partial charge in [0.1, 0.15) is 0 Å². The molecule has 21 heavy (non-hydrogen) atoms. The van der Waals surface area contributed by atoms with Crippen LogP contribution in [-0.4, -0.2) is 41.1 Å². The monoisotopic (exact) mass is 288 g/mol. The third-order valence-electron chi connectivity index (χ3n) is 4.96. The van der Waals surface area contributed by atoms with Gasteiger partial charge in [-0.2, -0.15) is 0 Å². The molecule has 2 aliphatic heterocycles. The smallest absolute Gasteiger partial charge is 0.255 e. The molecule has 2 fully saturated rings. The van der Waals surface area contributed by atoms with Crippen LogP contribution in [0.3, 0.4) is 0 Å². The Morgan fingerprint density at radius 3 is 2.76 bits per heavy atom. The number of nitrogens with zero attached hydrogens (tertiary/aromatic N) is 2. The summed E-state index contributed by atoms with van der Waals surface area (Å²) in [5.41, 5.74) is 2.82. The zero-order chi connectivity index (χ0) is 14.9. The highest BCUT2D eigenvalue weighted by Crippen LogP contribution is 2.35. The number of ether oxygens (including phenoxy) is 1. The molecule has 2 saturated heterocycles. The van der Waals surface area contributed by atoms with Crippen molar-refractivity contribution < 1.29 is 9.53 Å². The van der Waals surface area contributed by atoms with Gasteiger partial charge in [0.2, 0.25) is 0 Å². The van der Waals surface area contributed by atoms with Crippen molar-refractivity contribution in [2.45, 2.75) is 51.6 Å². The van der Waals surface area contributed by atoms with E-state index in [0.717, 1.165) is 63.1 Å². The Labute approximate surface area is 126 Å². The lowest BCUT2D eigenvalue weighted by molar-refractivity contribution is -0.00691. The fourth-order valence-electron chi connectivity index (χ4n) is 3.46. The maximum atomic E-state index is 12.7. The molecule has 0 radical (unpaired) electrons. The first kappa shape index (κ1) is 14.5. The largest absolute Gasteiger partial charge is 0.375 e. The first-order chi connectivity index (χ1) is 10.1. The molecule has 1 amide bonds. The van der Waals surface area contributed by atoms with Crippen LogP contribution in [0.2, 0.25) is 0 Å². The predicted molar refractivity (Wildman–Crippen MR) is 81.4 cm³/mol. The number of carbonyl (C=O) groups is 1. The standard InChI is InChI=1S/C17H24N2O2/c1-13-11-15(12-18-14(13)2)16(20)19-8-3-5-17(7-9-19)6-4-10-21-17/h11-12H,3-10H2,1-2H3/t17-/m1/s1. The van der Waals surface area contributed by atoms with Crippen molar-refractivity contribution in [1.29, 1.82) is 0 Å². The van der Waals surface area contributed by atoms with Gasteiger partial charge >= 0.3 is 0 Å². The lowest BCUT2D eigenvalue weighted by atomic mass is 9.92. The summed E-state index contributed by atoms with van der Waals surface area (Å²) in [6.45, 7) is 6.48. The van der Waals surface area contributed by atoms with E-state index in [4.69, 9.17) is 4.74 Å². The number of aromatic nitrogens is 1. The number of rotatable bonds is 1. The molecule has 1 spiro atoms. The van der Waals surface area contributed by atoms with E-state index in [9.17, 15) is 4.79 Å². The minimum atomic E-state index is 0.0521. The molecule has 1 aromatic heterocycles. The second-order valence-corrected chi connectivity index (χ2v) is 6.41. The SMILES string of the molecule is Cc1cc(C(=O)N2CCC[C@@]3(CCCO3)CC2)cnc1C. The van der Waals surface area contributed by atoms with Crippen molar-refractivity contribution >= 4 is 5.91 Å². The molecular formula is C17H24N2O2. The van der Waals surface area contributed by atoms with Crippen LogP contribution in [0.15, 0.2) is 12.3 Å². The summed E-state index contributed by atoms with van der Waals surface area (Å²) < 4.78 is 5.98. The summed E-state index contributed by atoms with van der Waals surface area (Å²) in [7, 11) is 0. The summed E-state index contributed by atoms with van der Waals surface area (Å²) >= 11 is 0. The molecule has 0 aromatic carbocycles. The molecule has 1 aromatic rings. The number of aryl methyl sites for hydroxylation is 2. The molecule has 0 bridgehead atoms. The third kappa shape index (κ3) is 2.95. The van der Waals surface area contributed by atoms with E-state index >= 15 is 0 Å². The van der Waals surface area contributed by atoms with Crippen molar-refractivity contribution in [1.82, 2.24) is 9.88 Å². The summed E-state index contributed by atoms with van der Waals surface area (Å²) in [5, 5.41) is 0. The zero-order valence-corrected chi connectivity index (χ0v) is 13.0. The van der Waals surface area contributed by atoms with Crippen molar-refractivity contribution in [3.05, 3.63) is 29.1 Å². The van der Waals surface area contributed by atoms with Crippen LogP contribution in [0.1, 0.15) is 53.7 Å². The van der Waals surface area contributed by atoms with Gasteiger partial charge in [0, 0.05) is 31.6 Å². The highest BCUT2D eigenvalue weighted by Gasteiger charge is 2.37. The number of pyridine rings is 1. The third-order valence-corrected chi connectivity index (χ3v) is 4.96. The van der Waals surface area contributed by atoms with Crippen LogP contribution in [0, 0.1) is 13.8 Å². The van der Waals surface area contributed by atoms with Crippen LogP contribution in [0.5, 0.6) is 0 Å². The maximum Gasteiger partial charge on any atom is 0.255 e. The quantitative estimate of drug-likeness (QED) is 0.798. The molecule has 0 saturated carbocycles. The first-order valence-electron chi connectivity index (χ1n) is 7.96. The summed E-state index contributed by atoms with van der Waals surface area (Å²) in [6, 6.07) is 1.96. The van der Waals surface area contributed by atoms with E-state index < -0.39 is 0 Å². The Morgan fingerprint density at radius 2 is 2.05 bits per heavy atom. The average molecular weight is 288 g/mol. The zero-order valence-electron chi connectivity index (χ0n) is 13.0. The molecular weight excluding hydrogens is 264 g/mol. The number of carbonyl (C=O) groups excluding carboxylic acids is 1. The second-order valence-electron chi connectivity index (χ2n) is 6.41. The topological polar surface area (TPSA) is 42.4 Å². The maximum absolute atomic E-state index is 12.7. The lowest BCUT2D eigenvalue weighted by Crippen LogP contribution is -2.34. The first-order valence-corrected chi connectivity index (χ1v) is 7.96. The predicted octanol–water partition coefficient (Wildman–Crippen LogP) is 2.87. The normalized spacial score (nSPS) is 26.1. The van der Waals surface area contributed by atoms with Crippen molar-refractivity contribution in [2.75, 3.05) is 19.7 Å². The van der Waals surface area contributed by atoms with E-state index in [1.807, 2.05) is 24.8 Å². The van der Waals surface area contributed by atoms with Gasteiger partial charge in [-0.05, 0) is 57.6 Å². The molecule has 3 heterocycles. The van der Waals surface area contributed by atoms with Gasteiger partial charge in [0.05, 0.1) is 11.2 Å². The number of hydrogen-bond acceptors (Lipinski definition) is 3. The second kappa shape index (κ2) is 5.76. The number of likely N-dealkylation sites (tertiary alicyclic amines) is 1. The van der Waals surface area contributed by atoms with Gasteiger partial charge in [-0.15, -0.1) is 0 Å². The molecule has 4 heteroatoms. The van der Waals surface area contributed by atoms with E-state index in [2.05, 4.69) is 4.98 Å². The number of hydrogen-bond donors (Lipinski definition) is 0. The van der Waals surface area contributed by atoms with Crippen LogP contribution < -0.4 is 0 Å². The van der Waals surface area contributed by atoms with Gasteiger partial charge in [-0.25, -0.2) is 0 Å². The summed E-state index contributed by atoms with van der Waals surface area (Å²) in [5.74, 6) is 0.112. The van der Waals surface area contributed by atoms with E-state index in [-0.39, 0.29) is 11.5 Å². The Kier molecular flexibility index (Phi) is 3.98. The van der Waals surface area contributed by atoms with Crippen LogP contribution in [-0.2, 0) is 4.74 Å². The molecule has 3 rings (SSSR count). The highest BCUT2D eigenvalue weighted by molar-refractivity contribution is 5.94. The van der Waals surface area contributed by atoms with Gasteiger partial charge in [-0.1, -0.05) is 0 Å². The molecule has 114 valence electrons. The van der Waals surface area contributed by atoms with E-state index in [0.29, 0.717) is 5.56 Å². The van der Waals surface area contributed by atoms with Crippen molar-refractivity contribution in [3.8, 4) is 0 Å². The van der Waals surface area contributed by atoms with Crippen LogP contribution in [0.4, 0.5) is 0 Å². The molecule has 1 atom stereocenters. The molecule has 4 nitrogen and oxygen atoms in total. The van der Waals surface area contributed by atoms with Gasteiger partial charge < -0.3 is 9.64 Å². The van der Waals surface area contributed by atoms with E-state index in [1.165, 1.54) is 0 Å². The fourth-order valence-corrected chi connectivity index (χ4v) is 3.46. The molecule has 0 N–H and O–H groups in total. The fraction of sp³-hybridized carbons (Fsp3) is 0.647. The van der Waals surface area contributed by atoms with Crippen molar-refractivity contribution in [3.63, 3.8) is 0 Å². The van der Waals surface area contributed by atoms with Gasteiger partial charge in [0.15, 0.2) is 0 Å². The average Bonchev–Trinajstić information content (AvgIpc) is 2.83. The van der Waals surface area contributed by atoms with Crippen LogP contribution in [0.25, 0.3) is 0 Å². The number of amides is 1. The van der Waals surface area contributed by atoms with Crippen LogP contribution >= 0.6 is 0 Å². The van der Waals surface area contributed by atoms with Crippen molar-refractivity contribution in [2.24, 2.45) is 0 Å². The molecule has 0 unspecified atom stereocenters. The minimum Gasteiger partial charge on any atom is -0.375 e. The summed E-state index contributed by atoms with van der Waals surface area (Å²) in [4.78, 5) is 19.0. The lowest BCUT2D eigenvalue weighted by Gasteiger charge is -2.27. The Bertz CT molecular complexity index is 536. The molecule has 2 aliphatic rings. The van der Waals surface area contributed by atoms with Gasteiger partial charge in [0.25, 0.3) is 5.91 Å².